The fraction of sp³-hybridized carbons (Fsp3) is 0.500. The van der Waals surface area contributed by atoms with E-state index in [1.54, 1.807) is 7.11 Å². The Morgan fingerprint density at radius 2 is 2.12 bits per heavy atom. The van der Waals surface area contributed by atoms with Gasteiger partial charge >= 0.3 is 0 Å². The Bertz CT molecular complexity index is 328. The zero-order valence-electron chi connectivity index (χ0n) is 9.77. The molecule has 1 fully saturated rings. The van der Waals surface area contributed by atoms with Crippen molar-refractivity contribution in [1.82, 2.24) is 10.2 Å². The molecule has 1 heterocycles. The SMILES string of the molecule is COc1ccc(SC2CNCCN2C)cc1. The first-order valence-electron chi connectivity index (χ1n) is 5.51. The van der Waals surface area contributed by atoms with Gasteiger partial charge in [-0.3, -0.25) is 4.90 Å². The van der Waals surface area contributed by atoms with Gasteiger partial charge in [-0.05, 0) is 31.3 Å². The number of thioether (sulfide) groups is 1. The Morgan fingerprint density at radius 1 is 1.38 bits per heavy atom. The van der Waals surface area contributed by atoms with E-state index in [1.165, 1.54) is 4.90 Å². The number of ether oxygens (including phenoxy) is 1. The van der Waals surface area contributed by atoms with E-state index < -0.39 is 0 Å². The van der Waals surface area contributed by atoms with Crippen molar-refractivity contribution in [2.75, 3.05) is 33.8 Å². The van der Waals surface area contributed by atoms with E-state index in [9.17, 15) is 0 Å². The van der Waals surface area contributed by atoms with Crippen LogP contribution >= 0.6 is 11.8 Å². The number of rotatable bonds is 3. The second-order valence-corrected chi connectivity index (χ2v) is 5.18. The summed E-state index contributed by atoms with van der Waals surface area (Å²) in [5.41, 5.74) is 0. The van der Waals surface area contributed by atoms with Crippen LogP contribution in [0.15, 0.2) is 29.2 Å². The molecule has 0 saturated carbocycles. The summed E-state index contributed by atoms with van der Waals surface area (Å²) in [5.74, 6) is 0.916. The number of piperazine rings is 1. The van der Waals surface area contributed by atoms with E-state index in [1.807, 2.05) is 23.9 Å². The smallest absolute Gasteiger partial charge is 0.118 e. The lowest BCUT2D eigenvalue weighted by molar-refractivity contribution is 0.266. The molecular formula is C12H18N2OS. The number of nitrogens with one attached hydrogen (secondary N) is 1. The molecule has 0 bridgehead atoms. The highest BCUT2D eigenvalue weighted by molar-refractivity contribution is 7.99. The van der Waals surface area contributed by atoms with Gasteiger partial charge in [0.1, 0.15) is 5.75 Å². The molecule has 16 heavy (non-hydrogen) atoms. The van der Waals surface area contributed by atoms with E-state index in [4.69, 9.17) is 4.74 Å². The van der Waals surface area contributed by atoms with E-state index in [-0.39, 0.29) is 0 Å². The van der Waals surface area contributed by atoms with Gasteiger partial charge in [0, 0.05) is 24.5 Å². The summed E-state index contributed by atoms with van der Waals surface area (Å²) >= 11 is 1.90. The van der Waals surface area contributed by atoms with Crippen molar-refractivity contribution in [2.24, 2.45) is 0 Å². The van der Waals surface area contributed by atoms with Crippen molar-refractivity contribution in [3.05, 3.63) is 24.3 Å². The molecule has 1 aliphatic heterocycles. The van der Waals surface area contributed by atoms with Crippen molar-refractivity contribution in [1.29, 1.82) is 0 Å². The maximum Gasteiger partial charge on any atom is 0.118 e. The van der Waals surface area contributed by atoms with Crippen LogP contribution in [0.1, 0.15) is 0 Å². The highest BCUT2D eigenvalue weighted by atomic mass is 32.2. The van der Waals surface area contributed by atoms with E-state index >= 15 is 0 Å². The van der Waals surface area contributed by atoms with Crippen LogP contribution in [0.5, 0.6) is 5.75 Å². The van der Waals surface area contributed by atoms with Crippen molar-refractivity contribution in [3.8, 4) is 5.75 Å². The van der Waals surface area contributed by atoms with Crippen LogP contribution in [0.3, 0.4) is 0 Å². The fourth-order valence-electron chi connectivity index (χ4n) is 1.72. The third-order valence-corrected chi connectivity index (χ3v) is 4.13. The van der Waals surface area contributed by atoms with Crippen LogP contribution in [0.25, 0.3) is 0 Å². The number of methoxy groups -OCH3 is 1. The monoisotopic (exact) mass is 238 g/mol. The molecule has 1 aromatic carbocycles. The maximum atomic E-state index is 5.15. The number of hydrogen-bond acceptors (Lipinski definition) is 4. The van der Waals surface area contributed by atoms with Crippen LogP contribution < -0.4 is 10.1 Å². The van der Waals surface area contributed by atoms with Gasteiger partial charge in [0.2, 0.25) is 0 Å². The maximum absolute atomic E-state index is 5.15. The van der Waals surface area contributed by atoms with Crippen LogP contribution in [-0.2, 0) is 0 Å². The van der Waals surface area contributed by atoms with Gasteiger partial charge in [0.05, 0.1) is 12.5 Å². The number of nitrogens with zero attached hydrogens (tertiary/aromatic N) is 1. The molecule has 4 heteroatoms. The number of likely N-dealkylation sites (N-methyl/N-ethyl adjacent to an activating group) is 1. The Hall–Kier alpha value is -0.710. The summed E-state index contributed by atoms with van der Waals surface area (Å²) in [6.45, 7) is 3.26. The average Bonchev–Trinajstić information content (AvgIpc) is 2.33. The van der Waals surface area contributed by atoms with Gasteiger partial charge in [-0.15, -0.1) is 11.8 Å². The number of benzene rings is 1. The minimum Gasteiger partial charge on any atom is -0.497 e. The van der Waals surface area contributed by atoms with Crippen LogP contribution in [0.2, 0.25) is 0 Å². The molecule has 0 aliphatic carbocycles. The molecule has 1 aliphatic rings. The average molecular weight is 238 g/mol. The molecule has 1 aromatic rings. The first-order chi connectivity index (χ1) is 7.79. The van der Waals surface area contributed by atoms with E-state index in [2.05, 4.69) is 29.4 Å². The quantitative estimate of drug-likeness (QED) is 0.865. The first kappa shape index (κ1) is 11.8. The largest absolute Gasteiger partial charge is 0.497 e. The number of hydrogen-bond donors (Lipinski definition) is 1. The summed E-state index contributed by atoms with van der Waals surface area (Å²) < 4.78 is 5.15. The summed E-state index contributed by atoms with van der Waals surface area (Å²) in [6, 6.07) is 8.26. The fourth-order valence-corrected chi connectivity index (χ4v) is 2.82. The minimum atomic E-state index is 0.530. The normalized spacial score (nSPS) is 22.0. The summed E-state index contributed by atoms with van der Waals surface area (Å²) in [6.07, 6.45) is 0. The lowest BCUT2D eigenvalue weighted by Crippen LogP contribution is -2.47. The van der Waals surface area contributed by atoms with Gasteiger partial charge in [-0.2, -0.15) is 0 Å². The Balaban J connectivity index is 1.96. The van der Waals surface area contributed by atoms with E-state index in [0.29, 0.717) is 5.37 Å². The van der Waals surface area contributed by atoms with Crippen LogP contribution in [0, 0.1) is 0 Å². The van der Waals surface area contributed by atoms with Crippen molar-refractivity contribution < 1.29 is 4.74 Å². The Morgan fingerprint density at radius 3 is 2.75 bits per heavy atom. The van der Waals surface area contributed by atoms with E-state index in [0.717, 1.165) is 25.4 Å². The molecule has 88 valence electrons. The van der Waals surface area contributed by atoms with Gasteiger partial charge < -0.3 is 10.1 Å². The molecule has 1 N–H and O–H groups in total. The molecule has 0 radical (unpaired) electrons. The predicted molar refractivity (Wildman–Crippen MR) is 68.1 cm³/mol. The third-order valence-electron chi connectivity index (χ3n) is 2.78. The first-order valence-corrected chi connectivity index (χ1v) is 6.39. The summed E-state index contributed by atoms with van der Waals surface area (Å²) in [5, 5.41) is 3.95. The summed E-state index contributed by atoms with van der Waals surface area (Å²) in [7, 11) is 3.88. The molecule has 1 unspecified atom stereocenters. The zero-order chi connectivity index (χ0) is 11.4. The molecule has 2 rings (SSSR count). The van der Waals surface area contributed by atoms with Gasteiger partial charge in [-0.1, -0.05) is 0 Å². The molecule has 3 nitrogen and oxygen atoms in total. The standard InChI is InChI=1S/C12H18N2OS/c1-14-8-7-13-9-12(14)16-11-5-3-10(15-2)4-6-11/h3-6,12-13H,7-9H2,1-2H3. The zero-order valence-corrected chi connectivity index (χ0v) is 10.6. The highest BCUT2D eigenvalue weighted by Crippen LogP contribution is 2.27. The predicted octanol–water partition coefficient (Wildman–Crippen LogP) is 1.65. The molecule has 0 aromatic heterocycles. The highest BCUT2D eigenvalue weighted by Gasteiger charge is 2.19. The van der Waals surface area contributed by atoms with Crippen molar-refractivity contribution in [2.45, 2.75) is 10.3 Å². The lowest BCUT2D eigenvalue weighted by atomic mass is 10.3. The summed E-state index contributed by atoms with van der Waals surface area (Å²) in [4.78, 5) is 3.69. The molecule has 0 amide bonds. The lowest BCUT2D eigenvalue weighted by Gasteiger charge is -2.32. The Labute approximate surface area is 101 Å². The third kappa shape index (κ3) is 2.90. The Kier molecular flexibility index (Phi) is 4.09. The molecule has 1 saturated heterocycles. The minimum absolute atomic E-state index is 0.530. The molecular weight excluding hydrogens is 220 g/mol. The van der Waals surface area contributed by atoms with Crippen LogP contribution in [-0.4, -0.2) is 44.1 Å². The van der Waals surface area contributed by atoms with Gasteiger partial charge in [-0.25, -0.2) is 0 Å². The second kappa shape index (κ2) is 5.57. The van der Waals surface area contributed by atoms with Gasteiger partial charge in [0.15, 0.2) is 0 Å². The van der Waals surface area contributed by atoms with Crippen molar-refractivity contribution >= 4 is 11.8 Å². The molecule has 0 spiro atoms. The molecule has 1 atom stereocenters. The topological polar surface area (TPSA) is 24.5 Å². The van der Waals surface area contributed by atoms with Gasteiger partial charge in [0.25, 0.3) is 0 Å². The second-order valence-electron chi connectivity index (χ2n) is 3.93. The van der Waals surface area contributed by atoms with Crippen LogP contribution in [0.4, 0.5) is 0 Å². The van der Waals surface area contributed by atoms with Crippen molar-refractivity contribution in [3.63, 3.8) is 0 Å².